The Morgan fingerprint density at radius 2 is 2.18 bits per heavy atom. The van der Waals surface area contributed by atoms with Crippen LogP contribution in [0.25, 0.3) is 0 Å². The topological polar surface area (TPSA) is 62.2 Å². The quantitative estimate of drug-likeness (QED) is 0.583. The van der Waals surface area contributed by atoms with E-state index in [1.165, 1.54) is 6.07 Å². The highest BCUT2D eigenvalue weighted by Gasteiger charge is 2.09. The van der Waals surface area contributed by atoms with Crippen LogP contribution in [0.3, 0.4) is 0 Å². The maximum absolute atomic E-state index is 13.2. The second kappa shape index (κ2) is 6.75. The predicted molar refractivity (Wildman–Crippen MR) is 62.5 cm³/mol. The first-order valence-corrected chi connectivity index (χ1v) is 5.33. The molecule has 17 heavy (non-hydrogen) atoms. The van der Waals surface area contributed by atoms with Gasteiger partial charge in [-0.15, -0.1) is 0 Å². The molecule has 4 nitrogen and oxygen atoms in total. The van der Waals surface area contributed by atoms with Gasteiger partial charge in [0.05, 0.1) is 6.61 Å². The summed E-state index contributed by atoms with van der Waals surface area (Å²) in [5, 5.41) is 10.2. The Morgan fingerprint density at radius 3 is 2.82 bits per heavy atom. The fourth-order valence-electron chi connectivity index (χ4n) is 1.25. The fraction of sp³-hybridized carbons (Fsp3) is 0.333. The van der Waals surface area contributed by atoms with Crippen LogP contribution < -0.4 is 5.32 Å². The van der Waals surface area contributed by atoms with Crippen LogP contribution in [0, 0.1) is 11.2 Å². The second-order valence-corrected chi connectivity index (χ2v) is 3.39. The minimum Gasteiger partial charge on any atom is -0.461 e. The minimum absolute atomic E-state index is 0.0627. The lowest BCUT2D eigenvalue weighted by atomic mass is 10.2. The fourth-order valence-corrected chi connectivity index (χ4v) is 1.25. The Balaban J connectivity index is 2.36. The van der Waals surface area contributed by atoms with Crippen LogP contribution in [0.5, 0.6) is 0 Å². The van der Waals surface area contributed by atoms with E-state index < -0.39 is 5.97 Å². The van der Waals surface area contributed by atoms with E-state index in [1.807, 2.05) is 0 Å². The normalized spacial score (nSPS) is 10.0. The van der Waals surface area contributed by atoms with Crippen LogP contribution in [0.4, 0.5) is 4.39 Å². The SMILES string of the molecule is CCOC(=O)C(=N)CNCc1ccccc1F. The summed E-state index contributed by atoms with van der Waals surface area (Å²) in [7, 11) is 0. The summed E-state index contributed by atoms with van der Waals surface area (Å²) >= 11 is 0. The number of benzene rings is 1. The van der Waals surface area contributed by atoms with Crippen molar-refractivity contribution in [3.63, 3.8) is 0 Å². The van der Waals surface area contributed by atoms with E-state index in [2.05, 4.69) is 10.1 Å². The molecule has 1 aromatic rings. The Labute approximate surface area is 99.3 Å². The van der Waals surface area contributed by atoms with E-state index in [9.17, 15) is 9.18 Å². The Morgan fingerprint density at radius 1 is 1.47 bits per heavy atom. The number of halogens is 1. The number of ether oxygens (including phenoxy) is 1. The number of carbonyl (C=O) groups is 1. The number of hydrogen-bond acceptors (Lipinski definition) is 4. The average molecular weight is 238 g/mol. The number of esters is 1. The Hall–Kier alpha value is -1.75. The van der Waals surface area contributed by atoms with Crippen LogP contribution in [0.15, 0.2) is 24.3 Å². The van der Waals surface area contributed by atoms with Crippen LogP contribution >= 0.6 is 0 Å². The van der Waals surface area contributed by atoms with Gasteiger partial charge < -0.3 is 10.1 Å². The van der Waals surface area contributed by atoms with Gasteiger partial charge in [-0.1, -0.05) is 18.2 Å². The van der Waals surface area contributed by atoms with Gasteiger partial charge in [0.25, 0.3) is 0 Å². The lowest BCUT2D eigenvalue weighted by Crippen LogP contribution is -2.29. The second-order valence-electron chi connectivity index (χ2n) is 3.39. The van der Waals surface area contributed by atoms with Gasteiger partial charge in [0.2, 0.25) is 0 Å². The standard InChI is InChI=1S/C12H15FN2O2/c1-2-17-12(16)11(14)8-15-7-9-5-3-4-6-10(9)13/h3-6,14-15H,2,7-8H2,1H3. The van der Waals surface area contributed by atoms with E-state index in [0.29, 0.717) is 5.56 Å². The maximum atomic E-state index is 13.2. The summed E-state index contributed by atoms with van der Waals surface area (Å²) in [5.74, 6) is -0.948. The van der Waals surface area contributed by atoms with Crippen molar-refractivity contribution >= 4 is 11.7 Å². The molecule has 1 rings (SSSR count). The summed E-state index contributed by atoms with van der Waals surface area (Å²) in [6, 6.07) is 6.36. The van der Waals surface area contributed by atoms with Crippen LogP contribution in [-0.4, -0.2) is 24.8 Å². The van der Waals surface area contributed by atoms with Gasteiger partial charge in [-0.2, -0.15) is 0 Å². The molecule has 1 aromatic carbocycles. The first kappa shape index (κ1) is 13.3. The van der Waals surface area contributed by atoms with Gasteiger partial charge in [0, 0.05) is 18.7 Å². The highest BCUT2D eigenvalue weighted by molar-refractivity contribution is 6.35. The third-order valence-corrected chi connectivity index (χ3v) is 2.10. The molecule has 0 amide bonds. The molecular formula is C12H15FN2O2. The summed E-state index contributed by atoms with van der Waals surface area (Å²) in [6.07, 6.45) is 0. The molecule has 0 unspecified atom stereocenters. The van der Waals surface area contributed by atoms with Gasteiger partial charge in [-0.3, -0.25) is 5.41 Å². The number of carbonyl (C=O) groups excluding carboxylic acids is 1. The third kappa shape index (κ3) is 4.32. The average Bonchev–Trinajstić information content (AvgIpc) is 2.31. The van der Waals surface area contributed by atoms with Crippen molar-refractivity contribution in [3.05, 3.63) is 35.6 Å². The van der Waals surface area contributed by atoms with Crippen LogP contribution in [0.1, 0.15) is 12.5 Å². The van der Waals surface area contributed by atoms with E-state index >= 15 is 0 Å². The van der Waals surface area contributed by atoms with Crippen molar-refractivity contribution in [2.75, 3.05) is 13.2 Å². The third-order valence-electron chi connectivity index (χ3n) is 2.10. The largest absolute Gasteiger partial charge is 0.461 e. The molecule has 0 atom stereocenters. The number of rotatable bonds is 6. The first-order chi connectivity index (χ1) is 8.15. The molecule has 0 aliphatic rings. The van der Waals surface area contributed by atoms with Gasteiger partial charge >= 0.3 is 5.97 Å². The molecule has 0 aromatic heterocycles. The molecule has 0 heterocycles. The molecule has 92 valence electrons. The smallest absolute Gasteiger partial charge is 0.353 e. The number of nitrogens with one attached hydrogen (secondary N) is 2. The van der Waals surface area contributed by atoms with E-state index in [-0.39, 0.29) is 31.2 Å². The molecule has 0 radical (unpaired) electrons. The van der Waals surface area contributed by atoms with Crippen molar-refractivity contribution in [2.45, 2.75) is 13.5 Å². The zero-order chi connectivity index (χ0) is 12.7. The zero-order valence-corrected chi connectivity index (χ0v) is 9.63. The highest BCUT2D eigenvalue weighted by Crippen LogP contribution is 2.05. The van der Waals surface area contributed by atoms with Gasteiger partial charge in [0.1, 0.15) is 11.5 Å². The number of hydrogen-bond donors (Lipinski definition) is 2. The molecule has 2 N–H and O–H groups in total. The maximum Gasteiger partial charge on any atom is 0.353 e. The van der Waals surface area contributed by atoms with Gasteiger partial charge in [-0.25, -0.2) is 9.18 Å². The molecule has 0 aliphatic heterocycles. The molecular weight excluding hydrogens is 223 g/mol. The molecule has 0 saturated heterocycles. The molecule has 0 spiro atoms. The van der Waals surface area contributed by atoms with E-state index in [1.54, 1.807) is 25.1 Å². The molecule has 0 saturated carbocycles. The minimum atomic E-state index is -0.645. The first-order valence-electron chi connectivity index (χ1n) is 5.33. The summed E-state index contributed by atoms with van der Waals surface area (Å²) in [5.41, 5.74) is 0.340. The van der Waals surface area contributed by atoms with Crippen molar-refractivity contribution in [1.82, 2.24) is 5.32 Å². The zero-order valence-electron chi connectivity index (χ0n) is 9.63. The summed E-state index contributed by atoms with van der Waals surface area (Å²) in [4.78, 5) is 11.1. The van der Waals surface area contributed by atoms with E-state index in [4.69, 9.17) is 5.41 Å². The molecule has 5 heteroatoms. The van der Waals surface area contributed by atoms with Crippen molar-refractivity contribution in [1.29, 1.82) is 5.41 Å². The van der Waals surface area contributed by atoms with Crippen molar-refractivity contribution in [2.24, 2.45) is 0 Å². The van der Waals surface area contributed by atoms with Crippen molar-refractivity contribution < 1.29 is 13.9 Å². The monoisotopic (exact) mass is 238 g/mol. The van der Waals surface area contributed by atoms with E-state index in [0.717, 1.165) is 0 Å². The van der Waals surface area contributed by atoms with Crippen molar-refractivity contribution in [3.8, 4) is 0 Å². The predicted octanol–water partition coefficient (Wildman–Crippen LogP) is 1.50. The van der Waals surface area contributed by atoms with Crippen LogP contribution in [0.2, 0.25) is 0 Å². The van der Waals surface area contributed by atoms with Gasteiger partial charge in [-0.05, 0) is 13.0 Å². The van der Waals surface area contributed by atoms with Crippen LogP contribution in [-0.2, 0) is 16.1 Å². The molecule has 0 aliphatic carbocycles. The van der Waals surface area contributed by atoms with Gasteiger partial charge in [0.15, 0.2) is 0 Å². The summed E-state index contributed by atoms with van der Waals surface area (Å²) in [6.45, 7) is 2.26. The molecule has 0 bridgehead atoms. The Kier molecular flexibility index (Phi) is 5.29. The lowest BCUT2D eigenvalue weighted by molar-refractivity contribution is -0.135. The summed E-state index contributed by atoms with van der Waals surface area (Å²) < 4.78 is 17.9. The highest BCUT2D eigenvalue weighted by atomic mass is 19.1. The molecule has 0 fully saturated rings. The lowest BCUT2D eigenvalue weighted by Gasteiger charge is -2.06. The Bertz CT molecular complexity index is 407.